The van der Waals surface area contributed by atoms with Gasteiger partial charge in [-0.3, -0.25) is 4.79 Å². The Balaban J connectivity index is 2.88. The zero-order chi connectivity index (χ0) is 13.0. The van der Waals surface area contributed by atoms with Crippen molar-refractivity contribution in [1.82, 2.24) is 0 Å². The van der Waals surface area contributed by atoms with Crippen molar-refractivity contribution in [3.8, 4) is 0 Å². The van der Waals surface area contributed by atoms with Crippen molar-refractivity contribution in [3.63, 3.8) is 0 Å². The molecule has 0 fully saturated rings. The Bertz CT molecular complexity index is 446. The van der Waals surface area contributed by atoms with Crippen LogP contribution in [0.4, 0.5) is 11.4 Å². The number of anilines is 2. The molecule has 1 aromatic carbocycles. The molecule has 0 aliphatic rings. The SMILES string of the molecule is CC(CC(N)=O)Nc1cccc(C(=O)O)c1N. The second kappa shape index (κ2) is 5.20. The van der Waals surface area contributed by atoms with E-state index in [-0.39, 0.29) is 23.7 Å². The molecule has 1 atom stereocenters. The van der Waals surface area contributed by atoms with Crippen molar-refractivity contribution in [3.05, 3.63) is 23.8 Å². The quantitative estimate of drug-likeness (QED) is 0.560. The van der Waals surface area contributed by atoms with Crippen molar-refractivity contribution in [1.29, 1.82) is 0 Å². The van der Waals surface area contributed by atoms with Crippen LogP contribution in [-0.4, -0.2) is 23.0 Å². The minimum atomic E-state index is -1.09. The van der Waals surface area contributed by atoms with Gasteiger partial charge < -0.3 is 21.9 Å². The van der Waals surface area contributed by atoms with E-state index in [0.717, 1.165) is 0 Å². The summed E-state index contributed by atoms with van der Waals surface area (Å²) in [6.07, 6.45) is 0.150. The summed E-state index contributed by atoms with van der Waals surface area (Å²) in [5.74, 6) is -1.52. The van der Waals surface area contributed by atoms with E-state index in [4.69, 9.17) is 16.6 Å². The number of carboxylic acid groups (broad SMARTS) is 1. The number of carbonyl (C=O) groups excluding carboxylic acids is 1. The summed E-state index contributed by atoms with van der Waals surface area (Å²) in [5.41, 5.74) is 11.4. The third-order valence-electron chi connectivity index (χ3n) is 2.25. The number of carboxylic acids is 1. The molecule has 17 heavy (non-hydrogen) atoms. The van der Waals surface area contributed by atoms with Gasteiger partial charge in [0.15, 0.2) is 0 Å². The molecule has 0 saturated carbocycles. The van der Waals surface area contributed by atoms with Crippen molar-refractivity contribution in [2.45, 2.75) is 19.4 Å². The van der Waals surface area contributed by atoms with Gasteiger partial charge in [0, 0.05) is 12.5 Å². The van der Waals surface area contributed by atoms with Crippen LogP contribution < -0.4 is 16.8 Å². The molecule has 1 unspecified atom stereocenters. The normalized spacial score (nSPS) is 11.8. The molecule has 0 saturated heterocycles. The van der Waals surface area contributed by atoms with E-state index in [9.17, 15) is 9.59 Å². The fourth-order valence-corrected chi connectivity index (χ4v) is 1.50. The Labute approximate surface area is 98.6 Å². The molecule has 0 bridgehead atoms. The maximum atomic E-state index is 10.9. The summed E-state index contributed by atoms with van der Waals surface area (Å²) >= 11 is 0. The number of nitrogens with two attached hydrogens (primary N) is 2. The van der Waals surface area contributed by atoms with Gasteiger partial charge in [-0.1, -0.05) is 6.07 Å². The molecule has 0 aliphatic heterocycles. The molecule has 92 valence electrons. The predicted octanol–water partition coefficient (Wildman–Crippen LogP) is 0.643. The molecule has 6 N–H and O–H groups in total. The third-order valence-corrected chi connectivity index (χ3v) is 2.25. The zero-order valence-corrected chi connectivity index (χ0v) is 9.43. The van der Waals surface area contributed by atoms with Crippen molar-refractivity contribution < 1.29 is 14.7 Å². The van der Waals surface area contributed by atoms with E-state index in [1.165, 1.54) is 6.07 Å². The van der Waals surface area contributed by atoms with E-state index in [1.807, 2.05) is 0 Å². The van der Waals surface area contributed by atoms with Crippen LogP contribution in [0, 0.1) is 0 Å². The molecule has 1 aromatic rings. The number of carbonyl (C=O) groups is 2. The Hall–Kier alpha value is -2.24. The highest BCUT2D eigenvalue weighted by atomic mass is 16.4. The number of primary amides is 1. The third kappa shape index (κ3) is 3.37. The van der Waals surface area contributed by atoms with Crippen LogP contribution in [0.15, 0.2) is 18.2 Å². The number of nitrogen functional groups attached to an aromatic ring is 1. The first kappa shape index (κ1) is 12.8. The van der Waals surface area contributed by atoms with Crippen LogP contribution in [0.2, 0.25) is 0 Å². The van der Waals surface area contributed by atoms with Gasteiger partial charge in [-0.15, -0.1) is 0 Å². The Morgan fingerprint density at radius 2 is 2.12 bits per heavy atom. The van der Waals surface area contributed by atoms with Gasteiger partial charge in [-0.05, 0) is 19.1 Å². The maximum Gasteiger partial charge on any atom is 0.337 e. The number of para-hydroxylation sites is 1. The fraction of sp³-hybridized carbons (Fsp3) is 0.273. The Kier molecular flexibility index (Phi) is 3.92. The van der Waals surface area contributed by atoms with Gasteiger partial charge in [0.05, 0.1) is 16.9 Å². The summed E-state index contributed by atoms with van der Waals surface area (Å²) in [4.78, 5) is 21.6. The average molecular weight is 237 g/mol. The van der Waals surface area contributed by atoms with Crippen LogP contribution in [0.5, 0.6) is 0 Å². The number of benzene rings is 1. The van der Waals surface area contributed by atoms with Gasteiger partial charge in [0.1, 0.15) is 0 Å². The number of aromatic carboxylic acids is 1. The van der Waals surface area contributed by atoms with E-state index in [2.05, 4.69) is 5.32 Å². The Morgan fingerprint density at radius 3 is 2.65 bits per heavy atom. The second-order valence-corrected chi connectivity index (χ2v) is 3.79. The lowest BCUT2D eigenvalue weighted by molar-refractivity contribution is -0.118. The summed E-state index contributed by atoms with van der Waals surface area (Å²) in [6, 6.07) is 4.44. The maximum absolute atomic E-state index is 10.9. The molecule has 1 rings (SSSR count). The lowest BCUT2D eigenvalue weighted by Crippen LogP contribution is -2.24. The smallest absolute Gasteiger partial charge is 0.337 e. The second-order valence-electron chi connectivity index (χ2n) is 3.79. The van der Waals surface area contributed by atoms with E-state index in [1.54, 1.807) is 19.1 Å². The van der Waals surface area contributed by atoms with E-state index >= 15 is 0 Å². The summed E-state index contributed by atoms with van der Waals surface area (Å²) in [6.45, 7) is 1.76. The molecular weight excluding hydrogens is 222 g/mol. The highest BCUT2D eigenvalue weighted by Gasteiger charge is 2.13. The van der Waals surface area contributed by atoms with Gasteiger partial charge in [0.2, 0.25) is 5.91 Å². The van der Waals surface area contributed by atoms with Crippen molar-refractivity contribution >= 4 is 23.3 Å². The monoisotopic (exact) mass is 237 g/mol. The molecular formula is C11H15N3O3. The predicted molar refractivity (Wildman–Crippen MR) is 64.7 cm³/mol. The number of nitrogens with one attached hydrogen (secondary N) is 1. The summed E-state index contributed by atoms with van der Waals surface area (Å²) in [5, 5.41) is 11.8. The number of rotatable bonds is 5. The molecule has 0 radical (unpaired) electrons. The minimum absolute atomic E-state index is 0.0290. The lowest BCUT2D eigenvalue weighted by atomic mass is 10.1. The molecule has 0 aliphatic carbocycles. The van der Waals surface area contributed by atoms with Crippen LogP contribution in [0.3, 0.4) is 0 Å². The molecule has 1 amide bonds. The first-order chi connectivity index (χ1) is 7.91. The topological polar surface area (TPSA) is 118 Å². The number of amides is 1. The first-order valence-corrected chi connectivity index (χ1v) is 5.08. The zero-order valence-electron chi connectivity index (χ0n) is 9.43. The minimum Gasteiger partial charge on any atom is -0.478 e. The van der Waals surface area contributed by atoms with Gasteiger partial charge in [-0.25, -0.2) is 4.79 Å². The van der Waals surface area contributed by atoms with Crippen LogP contribution in [-0.2, 0) is 4.79 Å². The van der Waals surface area contributed by atoms with Gasteiger partial charge in [0.25, 0.3) is 0 Å². The molecule has 0 spiro atoms. The molecule has 6 nitrogen and oxygen atoms in total. The summed E-state index contributed by atoms with van der Waals surface area (Å²) in [7, 11) is 0. The van der Waals surface area contributed by atoms with Crippen LogP contribution in [0.1, 0.15) is 23.7 Å². The van der Waals surface area contributed by atoms with Gasteiger partial charge >= 0.3 is 5.97 Å². The van der Waals surface area contributed by atoms with Crippen LogP contribution in [0.25, 0.3) is 0 Å². The van der Waals surface area contributed by atoms with E-state index < -0.39 is 11.9 Å². The summed E-state index contributed by atoms with van der Waals surface area (Å²) < 4.78 is 0. The fourth-order valence-electron chi connectivity index (χ4n) is 1.50. The highest BCUT2D eigenvalue weighted by molar-refractivity contribution is 5.97. The molecule has 6 heteroatoms. The van der Waals surface area contributed by atoms with Crippen LogP contribution >= 0.6 is 0 Å². The highest BCUT2D eigenvalue weighted by Crippen LogP contribution is 2.23. The first-order valence-electron chi connectivity index (χ1n) is 5.08. The largest absolute Gasteiger partial charge is 0.478 e. The van der Waals surface area contributed by atoms with Gasteiger partial charge in [-0.2, -0.15) is 0 Å². The standard InChI is InChI=1S/C11H15N3O3/c1-6(5-9(12)15)14-8-4-2-3-7(10(8)13)11(16)17/h2-4,6,14H,5,13H2,1H3,(H2,12,15)(H,16,17). The van der Waals surface area contributed by atoms with Crippen molar-refractivity contribution in [2.75, 3.05) is 11.1 Å². The van der Waals surface area contributed by atoms with Crippen molar-refractivity contribution in [2.24, 2.45) is 5.73 Å². The number of hydrogen-bond donors (Lipinski definition) is 4. The average Bonchev–Trinajstić information content (AvgIpc) is 2.19. The molecule has 0 aromatic heterocycles. The molecule has 0 heterocycles. The Morgan fingerprint density at radius 1 is 1.47 bits per heavy atom. The van der Waals surface area contributed by atoms with E-state index in [0.29, 0.717) is 5.69 Å². The lowest BCUT2D eigenvalue weighted by Gasteiger charge is -2.16. The number of hydrogen-bond acceptors (Lipinski definition) is 4.